The molecule has 2 saturated heterocycles. The Kier molecular flexibility index (Phi) is 5.00. The summed E-state index contributed by atoms with van der Waals surface area (Å²) in [5.41, 5.74) is -0.851. The van der Waals surface area contributed by atoms with Crippen molar-refractivity contribution in [3.05, 3.63) is 0 Å². The van der Waals surface area contributed by atoms with Crippen molar-refractivity contribution >= 4 is 12.1 Å². The van der Waals surface area contributed by atoms with E-state index in [0.717, 1.165) is 12.8 Å². The van der Waals surface area contributed by atoms with E-state index in [1.165, 1.54) is 0 Å². The van der Waals surface area contributed by atoms with Crippen LogP contribution in [0.5, 0.6) is 0 Å². The van der Waals surface area contributed by atoms with Crippen LogP contribution in [0.15, 0.2) is 0 Å². The van der Waals surface area contributed by atoms with E-state index < -0.39 is 5.60 Å². The molecule has 1 amide bonds. The van der Waals surface area contributed by atoms with Gasteiger partial charge in [-0.05, 0) is 40.5 Å². The van der Waals surface area contributed by atoms with Crippen LogP contribution in [0.1, 0.15) is 47.0 Å². The highest BCUT2D eigenvalue weighted by molar-refractivity contribution is 5.71. The zero-order chi connectivity index (χ0) is 16.4. The number of rotatable bonds is 4. The molecule has 6 heteroatoms. The number of epoxide rings is 1. The molecule has 2 atom stereocenters. The van der Waals surface area contributed by atoms with Crippen molar-refractivity contribution in [2.24, 2.45) is 5.41 Å². The maximum Gasteiger partial charge on any atom is 0.410 e. The van der Waals surface area contributed by atoms with Gasteiger partial charge < -0.3 is 19.1 Å². The average molecular weight is 313 g/mol. The Balaban J connectivity index is 2.04. The van der Waals surface area contributed by atoms with Crippen LogP contribution in [0.2, 0.25) is 0 Å². The lowest BCUT2D eigenvalue weighted by Crippen LogP contribution is -2.51. The minimum absolute atomic E-state index is 0.0437. The summed E-state index contributed by atoms with van der Waals surface area (Å²) in [7, 11) is 0. The fraction of sp³-hybridized carbons (Fsp3) is 0.875. The third-order valence-corrected chi connectivity index (χ3v) is 4.08. The molecule has 22 heavy (non-hydrogen) atoms. The molecule has 0 aromatic heterocycles. The normalized spacial score (nSPS) is 28.2. The van der Waals surface area contributed by atoms with Gasteiger partial charge in [0.25, 0.3) is 0 Å². The minimum Gasteiger partial charge on any atom is -0.466 e. The summed E-state index contributed by atoms with van der Waals surface area (Å²) in [6, 6.07) is 0. The summed E-state index contributed by atoms with van der Waals surface area (Å²) in [6.45, 7) is 9.53. The number of amides is 1. The standard InChI is InChI=1S/C16H27NO5/c1-5-20-13(18)9-16(12-10-21-12)7-6-8-17(11-16)14(19)22-15(2,3)4/h12H,5-11H2,1-4H3. The second kappa shape index (κ2) is 6.44. The van der Waals surface area contributed by atoms with E-state index in [1.54, 1.807) is 11.8 Å². The molecule has 0 aliphatic carbocycles. The first-order chi connectivity index (χ1) is 10.3. The van der Waals surface area contributed by atoms with Gasteiger partial charge in [0.1, 0.15) is 5.60 Å². The van der Waals surface area contributed by atoms with E-state index >= 15 is 0 Å². The van der Waals surface area contributed by atoms with Crippen molar-refractivity contribution in [2.75, 3.05) is 26.3 Å². The Morgan fingerprint density at radius 1 is 1.36 bits per heavy atom. The SMILES string of the molecule is CCOC(=O)CC1(C2CO2)CCCN(C(=O)OC(C)(C)C)C1. The number of hydrogen-bond acceptors (Lipinski definition) is 5. The van der Waals surface area contributed by atoms with E-state index in [4.69, 9.17) is 14.2 Å². The van der Waals surface area contributed by atoms with Crippen molar-refractivity contribution in [3.8, 4) is 0 Å². The molecule has 0 bridgehead atoms. The Bertz CT molecular complexity index is 427. The number of carbonyl (C=O) groups is 2. The van der Waals surface area contributed by atoms with Crippen LogP contribution in [0.3, 0.4) is 0 Å². The predicted octanol–water partition coefficient (Wildman–Crippen LogP) is 2.36. The van der Waals surface area contributed by atoms with Gasteiger partial charge in [-0.3, -0.25) is 4.79 Å². The van der Waals surface area contributed by atoms with Gasteiger partial charge in [-0.1, -0.05) is 0 Å². The maximum atomic E-state index is 12.3. The van der Waals surface area contributed by atoms with Crippen molar-refractivity contribution < 1.29 is 23.8 Å². The van der Waals surface area contributed by atoms with Gasteiger partial charge in [0.15, 0.2) is 0 Å². The van der Waals surface area contributed by atoms with Crippen LogP contribution in [0.25, 0.3) is 0 Å². The molecular formula is C16H27NO5. The molecule has 2 heterocycles. The quantitative estimate of drug-likeness (QED) is 0.588. The van der Waals surface area contributed by atoms with E-state index in [2.05, 4.69) is 0 Å². The molecule has 2 aliphatic rings. The third-order valence-electron chi connectivity index (χ3n) is 4.08. The summed E-state index contributed by atoms with van der Waals surface area (Å²) in [5.74, 6) is -0.218. The molecule has 2 unspecified atom stereocenters. The molecule has 0 radical (unpaired) electrons. The molecule has 0 aromatic rings. The molecule has 2 rings (SSSR count). The van der Waals surface area contributed by atoms with Crippen molar-refractivity contribution in [3.63, 3.8) is 0 Å². The average Bonchev–Trinajstić information content (AvgIpc) is 3.21. The number of likely N-dealkylation sites (tertiary alicyclic amines) is 1. The lowest BCUT2D eigenvalue weighted by Gasteiger charge is -2.41. The molecule has 2 aliphatic heterocycles. The van der Waals surface area contributed by atoms with Crippen molar-refractivity contribution in [1.82, 2.24) is 4.90 Å². The zero-order valence-electron chi connectivity index (χ0n) is 14.0. The van der Waals surface area contributed by atoms with E-state index in [1.807, 2.05) is 20.8 Å². The van der Waals surface area contributed by atoms with Gasteiger partial charge >= 0.3 is 12.1 Å². The van der Waals surface area contributed by atoms with Gasteiger partial charge in [0.05, 0.1) is 25.7 Å². The summed E-state index contributed by atoms with van der Waals surface area (Å²) in [6.07, 6.45) is 1.74. The molecular weight excluding hydrogens is 286 g/mol. The lowest BCUT2D eigenvalue weighted by atomic mass is 9.74. The van der Waals surface area contributed by atoms with E-state index in [-0.39, 0.29) is 23.6 Å². The molecule has 2 fully saturated rings. The summed E-state index contributed by atoms with van der Waals surface area (Å²) in [4.78, 5) is 25.9. The lowest BCUT2D eigenvalue weighted by molar-refractivity contribution is -0.147. The topological polar surface area (TPSA) is 68.4 Å². The Morgan fingerprint density at radius 2 is 2.05 bits per heavy atom. The monoisotopic (exact) mass is 313 g/mol. The van der Waals surface area contributed by atoms with E-state index in [9.17, 15) is 9.59 Å². The second-order valence-corrected chi connectivity index (χ2v) is 7.17. The molecule has 0 N–H and O–H groups in total. The zero-order valence-corrected chi connectivity index (χ0v) is 14.0. The Hall–Kier alpha value is -1.30. The third kappa shape index (κ3) is 4.35. The van der Waals surface area contributed by atoms with Gasteiger partial charge in [-0.15, -0.1) is 0 Å². The molecule has 6 nitrogen and oxygen atoms in total. The summed E-state index contributed by atoms with van der Waals surface area (Å²) < 4.78 is 16.0. The van der Waals surface area contributed by atoms with Crippen LogP contribution in [0.4, 0.5) is 4.79 Å². The predicted molar refractivity (Wildman–Crippen MR) is 80.5 cm³/mol. The van der Waals surface area contributed by atoms with Gasteiger partial charge in [0, 0.05) is 18.5 Å². The fourth-order valence-electron chi connectivity index (χ4n) is 3.06. The highest BCUT2D eigenvalue weighted by Gasteiger charge is 2.51. The largest absolute Gasteiger partial charge is 0.466 e. The smallest absolute Gasteiger partial charge is 0.410 e. The Morgan fingerprint density at radius 3 is 2.59 bits per heavy atom. The number of carbonyl (C=O) groups excluding carboxylic acids is 2. The molecule has 0 aromatic carbocycles. The van der Waals surface area contributed by atoms with Crippen LogP contribution in [-0.2, 0) is 19.0 Å². The van der Waals surface area contributed by atoms with Gasteiger partial charge in [-0.2, -0.15) is 0 Å². The number of nitrogens with zero attached hydrogens (tertiary/aromatic N) is 1. The first-order valence-electron chi connectivity index (χ1n) is 8.01. The minimum atomic E-state index is -0.519. The van der Waals surface area contributed by atoms with Crippen LogP contribution >= 0.6 is 0 Å². The Labute approximate surface area is 132 Å². The fourth-order valence-corrected chi connectivity index (χ4v) is 3.06. The molecule has 126 valence electrons. The van der Waals surface area contributed by atoms with Crippen LogP contribution in [0, 0.1) is 5.41 Å². The van der Waals surface area contributed by atoms with E-state index in [0.29, 0.717) is 32.7 Å². The first kappa shape index (κ1) is 17.1. The molecule has 0 spiro atoms. The van der Waals surface area contributed by atoms with Crippen LogP contribution in [-0.4, -0.2) is 55.0 Å². The van der Waals surface area contributed by atoms with Crippen molar-refractivity contribution in [2.45, 2.75) is 58.7 Å². The van der Waals surface area contributed by atoms with Crippen LogP contribution < -0.4 is 0 Å². The highest BCUT2D eigenvalue weighted by atomic mass is 16.6. The molecule has 0 saturated carbocycles. The number of piperidine rings is 1. The number of ether oxygens (including phenoxy) is 3. The first-order valence-corrected chi connectivity index (χ1v) is 8.01. The van der Waals surface area contributed by atoms with Gasteiger partial charge in [0.2, 0.25) is 0 Å². The summed E-state index contributed by atoms with van der Waals surface area (Å²) in [5, 5.41) is 0. The summed E-state index contributed by atoms with van der Waals surface area (Å²) >= 11 is 0. The van der Waals surface area contributed by atoms with Crippen molar-refractivity contribution in [1.29, 1.82) is 0 Å². The number of hydrogen-bond donors (Lipinski definition) is 0. The number of esters is 1. The highest BCUT2D eigenvalue weighted by Crippen LogP contribution is 2.44. The van der Waals surface area contributed by atoms with Gasteiger partial charge in [-0.25, -0.2) is 4.79 Å². The second-order valence-electron chi connectivity index (χ2n) is 7.17. The maximum absolute atomic E-state index is 12.3.